The lowest BCUT2D eigenvalue weighted by Gasteiger charge is -2.41. The van der Waals surface area contributed by atoms with E-state index in [1.807, 2.05) is 25.1 Å². The summed E-state index contributed by atoms with van der Waals surface area (Å²) in [6, 6.07) is 10.5. The van der Waals surface area contributed by atoms with E-state index in [2.05, 4.69) is 43.0 Å². The highest BCUT2D eigenvalue weighted by atomic mass is 16.1. The van der Waals surface area contributed by atoms with Gasteiger partial charge < -0.3 is 16.0 Å². The van der Waals surface area contributed by atoms with Crippen LogP contribution in [-0.4, -0.2) is 41.5 Å². The van der Waals surface area contributed by atoms with Gasteiger partial charge in [-0.1, -0.05) is 30.3 Å². The first-order valence-corrected chi connectivity index (χ1v) is 10.1. The first-order chi connectivity index (χ1) is 14.6. The largest absolute Gasteiger partial charge is 0.359 e. The van der Waals surface area contributed by atoms with Crippen molar-refractivity contribution >= 4 is 11.9 Å². The molecule has 8 heteroatoms. The van der Waals surface area contributed by atoms with Crippen molar-refractivity contribution in [1.82, 2.24) is 25.9 Å². The molecule has 0 bridgehead atoms. The number of aromatic nitrogens is 2. The molecule has 30 heavy (non-hydrogen) atoms. The van der Waals surface area contributed by atoms with Crippen molar-refractivity contribution in [1.29, 1.82) is 5.26 Å². The summed E-state index contributed by atoms with van der Waals surface area (Å²) in [5.74, 6) is 0.276. The third-order valence-electron chi connectivity index (χ3n) is 5.67. The first-order valence-electron chi connectivity index (χ1n) is 10.1. The fraction of sp³-hybridized carbons (Fsp3) is 0.409. The Balaban J connectivity index is 1.71. The molecule has 0 aliphatic heterocycles. The Hall–Kier alpha value is -3.47. The highest BCUT2D eigenvalue weighted by Crippen LogP contribution is 2.39. The van der Waals surface area contributed by atoms with Gasteiger partial charge in [-0.15, -0.1) is 4.99 Å². The summed E-state index contributed by atoms with van der Waals surface area (Å²) < 4.78 is 0. The van der Waals surface area contributed by atoms with Crippen LogP contribution >= 0.6 is 0 Å². The molecule has 0 unspecified atom stereocenters. The molecule has 1 saturated carbocycles. The van der Waals surface area contributed by atoms with Crippen molar-refractivity contribution in [2.24, 2.45) is 4.99 Å². The van der Waals surface area contributed by atoms with Crippen molar-refractivity contribution in [2.45, 2.75) is 44.1 Å². The average molecular weight is 406 g/mol. The molecule has 0 spiro atoms. The van der Waals surface area contributed by atoms with Crippen molar-refractivity contribution in [3.63, 3.8) is 0 Å². The zero-order valence-corrected chi connectivity index (χ0v) is 17.4. The molecule has 1 amide bonds. The number of nitriles is 1. The van der Waals surface area contributed by atoms with Gasteiger partial charge in [0.05, 0.1) is 11.9 Å². The number of nitrogens with one attached hydrogen (secondary N) is 3. The average Bonchev–Trinajstić information content (AvgIpc) is 2.79. The highest BCUT2D eigenvalue weighted by Gasteiger charge is 2.37. The quantitative estimate of drug-likeness (QED) is 0.398. The first kappa shape index (κ1) is 21.2. The maximum atomic E-state index is 12.6. The molecule has 1 aliphatic carbocycles. The second-order valence-corrected chi connectivity index (χ2v) is 7.60. The maximum absolute atomic E-state index is 12.6. The molecule has 3 rings (SSSR count). The summed E-state index contributed by atoms with van der Waals surface area (Å²) >= 11 is 0. The zero-order chi connectivity index (χ0) is 21.4. The van der Waals surface area contributed by atoms with Gasteiger partial charge in [0.2, 0.25) is 12.2 Å². The van der Waals surface area contributed by atoms with Crippen LogP contribution in [-0.2, 0) is 5.41 Å². The SMILES string of the molecule is CN/C(=N\C#N)N[C@H]1CC[C@](CNC(=O)c2cnc(C)cn2)(c2ccccc2)CC1. The van der Waals surface area contributed by atoms with Crippen LogP contribution in [0, 0.1) is 18.4 Å². The Morgan fingerprint density at radius 3 is 2.57 bits per heavy atom. The van der Waals surface area contributed by atoms with Gasteiger partial charge in [0.15, 0.2) is 0 Å². The summed E-state index contributed by atoms with van der Waals surface area (Å²) in [7, 11) is 1.74. The number of benzene rings is 1. The van der Waals surface area contributed by atoms with Gasteiger partial charge in [-0.25, -0.2) is 4.98 Å². The number of aryl methyl sites for hydroxylation is 1. The van der Waals surface area contributed by atoms with E-state index in [1.165, 1.54) is 11.8 Å². The minimum absolute atomic E-state index is 0.153. The molecule has 2 aromatic rings. The Labute approximate surface area is 176 Å². The zero-order valence-electron chi connectivity index (χ0n) is 17.4. The maximum Gasteiger partial charge on any atom is 0.271 e. The number of hydrogen-bond donors (Lipinski definition) is 3. The smallest absolute Gasteiger partial charge is 0.271 e. The number of aliphatic imine (C=N–C) groups is 1. The third-order valence-corrected chi connectivity index (χ3v) is 5.67. The molecule has 0 atom stereocenters. The lowest BCUT2D eigenvalue weighted by Crippen LogP contribution is -2.49. The van der Waals surface area contributed by atoms with Gasteiger partial charge in [0, 0.05) is 31.2 Å². The van der Waals surface area contributed by atoms with Gasteiger partial charge in [-0.05, 0) is 38.2 Å². The second kappa shape index (κ2) is 9.83. The Bertz CT molecular complexity index is 911. The minimum atomic E-state index is -0.211. The highest BCUT2D eigenvalue weighted by molar-refractivity contribution is 5.92. The van der Waals surface area contributed by atoms with Gasteiger partial charge in [-0.2, -0.15) is 5.26 Å². The van der Waals surface area contributed by atoms with Gasteiger partial charge >= 0.3 is 0 Å². The lowest BCUT2D eigenvalue weighted by molar-refractivity contribution is 0.0929. The molecular formula is C22H27N7O. The van der Waals surface area contributed by atoms with Crippen LogP contribution in [0.5, 0.6) is 0 Å². The van der Waals surface area contributed by atoms with E-state index >= 15 is 0 Å². The second-order valence-electron chi connectivity index (χ2n) is 7.60. The molecule has 0 saturated heterocycles. The van der Waals surface area contributed by atoms with Crippen LogP contribution in [0.1, 0.15) is 47.4 Å². The number of amides is 1. The number of guanidine groups is 1. The molecule has 0 radical (unpaired) electrons. The molecule has 1 fully saturated rings. The molecule has 156 valence electrons. The topological polar surface area (TPSA) is 115 Å². The number of hydrogen-bond acceptors (Lipinski definition) is 5. The van der Waals surface area contributed by atoms with E-state index in [9.17, 15) is 4.79 Å². The normalized spacial score (nSPS) is 21.4. The number of nitrogens with zero attached hydrogens (tertiary/aromatic N) is 4. The van der Waals surface area contributed by atoms with E-state index in [0.717, 1.165) is 31.4 Å². The fourth-order valence-electron chi connectivity index (χ4n) is 3.93. The molecule has 8 nitrogen and oxygen atoms in total. The summed E-state index contributed by atoms with van der Waals surface area (Å²) in [5, 5.41) is 18.1. The van der Waals surface area contributed by atoms with Gasteiger partial charge in [-0.3, -0.25) is 9.78 Å². The van der Waals surface area contributed by atoms with Crippen LogP contribution in [0.4, 0.5) is 0 Å². The van der Waals surface area contributed by atoms with E-state index in [4.69, 9.17) is 5.26 Å². The van der Waals surface area contributed by atoms with E-state index in [0.29, 0.717) is 18.2 Å². The number of carbonyl (C=O) groups is 1. The van der Waals surface area contributed by atoms with Crippen molar-refractivity contribution in [3.05, 3.63) is 59.7 Å². The monoisotopic (exact) mass is 405 g/mol. The summed E-state index contributed by atoms with van der Waals surface area (Å²) in [5.41, 5.74) is 2.17. The van der Waals surface area contributed by atoms with Crippen LogP contribution in [0.15, 0.2) is 47.7 Å². The van der Waals surface area contributed by atoms with E-state index in [-0.39, 0.29) is 17.4 Å². The number of rotatable bonds is 5. The van der Waals surface area contributed by atoms with Crippen molar-refractivity contribution in [3.8, 4) is 6.19 Å². The van der Waals surface area contributed by atoms with Gasteiger partial charge in [0.1, 0.15) is 5.69 Å². The lowest BCUT2D eigenvalue weighted by atomic mass is 9.68. The van der Waals surface area contributed by atoms with Crippen LogP contribution in [0.25, 0.3) is 0 Å². The van der Waals surface area contributed by atoms with E-state index < -0.39 is 0 Å². The van der Waals surface area contributed by atoms with Crippen LogP contribution < -0.4 is 16.0 Å². The minimum Gasteiger partial charge on any atom is -0.359 e. The number of carbonyl (C=O) groups excluding carboxylic acids is 1. The third kappa shape index (κ3) is 5.11. The van der Waals surface area contributed by atoms with Crippen molar-refractivity contribution in [2.75, 3.05) is 13.6 Å². The van der Waals surface area contributed by atoms with Crippen molar-refractivity contribution < 1.29 is 4.79 Å². The molecule has 1 aromatic heterocycles. The molecular weight excluding hydrogens is 378 g/mol. The van der Waals surface area contributed by atoms with Crippen LogP contribution in [0.3, 0.4) is 0 Å². The molecule has 1 aliphatic rings. The Morgan fingerprint density at radius 1 is 1.23 bits per heavy atom. The summed E-state index contributed by atoms with van der Waals surface area (Å²) in [6.07, 6.45) is 8.52. The molecule has 1 aromatic carbocycles. The predicted octanol–water partition coefficient (Wildman–Crippen LogP) is 2.04. The summed E-state index contributed by atoms with van der Waals surface area (Å²) in [6.45, 7) is 2.37. The van der Waals surface area contributed by atoms with E-state index in [1.54, 1.807) is 19.4 Å². The Morgan fingerprint density at radius 2 is 1.97 bits per heavy atom. The standard InChI is InChI=1S/C22H27N7O/c1-16-12-26-19(13-25-16)20(30)27-14-22(17-6-4-3-5-7-17)10-8-18(9-11-22)29-21(24-2)28-15-23/h3-7,12-13,18H,8-11,14H2,1-2H3,(H,27,30)(H2,24,28,29)/t18-,22-. The molecule has 1 heterocycles. The molecule has 3 N–H and O–H groups in total. The van der Waals surface area contributed by atoms with Gasteiger partial charge in [0.25, 0.3) is 5.91 Å². The Kier molecular flexibility index (Phi) is 6.96. The summed E-state index contributed by atoms with van der Waals surface area (Å²) in [4.78, 5) is 24.7. The fourth-order valence-corrected chi connectivity index (χ4v) is 3.93. The predicted molar refractivity (Wildman–Crippen MR) is 115 cm³/mol. The van der Waals surface area contributed by atoms with Crippen LogP contribution in [0.2, 0.25) is 0 Å².